The SMILES string of the molecule is COc1ccc(CNC(=O)c2ccccc2N2CCCC2)cc1OC. The third-order valence-corrected chi connectivity index (χ3v) is 4.50. The molecule has 1 heterocycles. The molecule has 0 unspecified atom stereocenters. The Morgan fingerprint density at radius 1 is 1.04 bits per heavy atom. The van der Waals surface area contributed by atoms with E-state index in [9.17, 15) is 4.79 Å². The molecule has 0 radical (unpaired) electrons. The van der Waals surface area contributed by atoms with Gasteiger partial charge in [-0.25, -0.2) is 0 Å². The Morgan fingerprint density at radius 2 is 1.76 bits per heavy atom. The molecule has 2 aromatic rings. The topological polar surface area (TPSA) is 50.8 Å². The van der Waals surface area contributed by atoms with E-state index in [0.29, 0.717) is 18.0 Å². The maximum absolute atomic E-state index is 12.7. The fraction of sp³-hybridized carbons (Fsp3) is 0.350. The van der Waals surface area contributed by atoms with Crippen LogP contribution in [0.4, 0.5) is 5.69 Å². The molecular formula is C20H24N2O3. The number of rotatable bonds is 6. The summed E-state index contributed by atoms with van der Waals surface area (Å²) in [4.78, 5) is 15.0. The Labute approximate surface area is 148 Å². The van der Waals surface area contributed by atoms with Gasteiger partial charge < -0.3 is 19.7 Å². The van der Waals surface area contributed by atoms with Gasteiger partial charge in [-0.15, -0.1) is 0 Å². The van der Waals surface area contributed by atoms with Gasteiger partial charge in [-0.2, -0.15) is 0 Å². The summed E-state index contributed by atoms with van der Waals surface area (Å²) >= 11 is 0. The molecular weight excluding hydrogens is 316 g/mol. The van der Waals surface area contributed by atoms with Crippen LogP contribution in [0.1, 0.15) is 28.8 Å². The van der Waals surface area contributed by atoms with Crippen LogP contribution in [0.2, 0.25) is 0 Å². The van der Waals surface area contributed by atoms with Crippen LogP contribution < -0.4 is 19.7 Å². The van der Waals surface area contributed by atoms with Gasteiger partial charge in [0.1, 0.15) is 0 Å². The van der Waals surface area contributed by atoms with Crippen molar-refractivity contribution in [1.29, 1.82) is 0 Å². The summed E-state index contributed by atoms with van der Waals surface area (Å²) in [6, 6.07) is 13.5. The molecule has 5 nitrogen and oxygen atoms in total. The van der Waals surface area contributed by atoms with Crippen molar-refractivity contribution in [1.82, 2.24) is 5.32 Å². The predicted molar refractivity (Wildman–Crippen MR) is 98.6 cm³/mol. The first kappa shape index (κ1) is 17.1. The smallest absolute Gasteiger partial charge is 0.253 e. The van der Waals surface area contributed by atoms with Crippen LogP contribution in [0.3, 0.4) is 0 Å². The molecule has 5 heteroatoms. The van der Waals surface area contributed by atoms with Crippen LogP contribution in [-0.2, 0) is 6.54 Å². The molecule has 3 rings (SSSR count). The van der Waals surface area contributed by atoms with E-state index in [-0.39, 0.29) is 5.91 Å². The van der Waals surface area contributed by atoms with E-state index in [2.05, 4.69) is 10.2 Å². The van der Waals surface area contributed by atoms with Crippen LogP contribution >= 0.6 is 0 Å². The fourth-order valence-electron chi connectivity index (χ4n) is 3.17. The first-order valence-corrected chi connectivity index (χ1v) is 8.56. The number of benzene rings is 2. The van der Waals surface area contributed by atoms with Gasteiger partial charge in [-0.1, -0.05) is 18.2 Å². The number of anilines is 1. The lowest BCUT2D eigenvalue weighted by Gasteiger charge is -2.21. The average Bonchev–Trinajstić information content (AvgIpc) is 3.20. The van der Waals surface area contributed by atoms with Crippen molar-refractivity contribution in [2.75, 3.05) is 32.2 Å². The fourth-order valence-corrected chi connectivity index (χ4v) is 3.17. The van der Waals surface area contributed by atoms with Crippen molar-refractivity contribution < 1.29 is 14.3 Å². The highest BCUT2D eigenvalue weighted by Crippen LogP contribution is 2.28. The van der Waals surface area contributed by atoms with E-state index in [1.54, 1.807) is 14.2 Å². The molecule has 2 aromatic carbocycles. The minimum absolute atomic E-state index is 0.0581. The van der Waals surface area contributed by atoms with E-state index in [1.807, 2.05) is 42.5 Å². The molecule has 0 spiro atoms. The molecule has 132 valence electrons. The van der Waals surface area contributed by atoms with Crippen LogP contribution in [-0.4, -0.2) is 33.2 Å². The summed E-state index contributed by atoms with van der Waals surface area (Å²) in [6.45, 7) is 2.47. The molecule has 25 heavy (non-hydrogen) atoms. The molecule has 1 aliphatic heterocycles. The lowest BCUT2D eigenvalue weighted by Crippen LogP contribution is -2.27. The van der Waals surface area contributed by atoms with Gasteiger partial charge >= 0.3 is 0 Å². The van der Waals surface area contributed by atoms with Crippen molar-refractivity contribution in [3.8, 4) is 11.5 Å². The van der Waals surface area contributed by atoms with Crippen LogP contribution in [0.25, 0.3) is 0 Å². The molecule has 0 saturated carbocycles. The Bertz CT molecular complexity index is 739. The second-order valence-corrected chi connectivity index (χ2v) is 6.08. The number of hydrogen-bond acceptors (Lipinski definition) is 4. The van der Waals surface area contributed by atoms with E-state index >= 15 is 0 Å². The molecule has 1 amide bonds. The Morgan fingerprint density at radius 3 is 2.48 bits per heavy atom. The number of ether oxygens (including phenoxy) is 2. The molecule has 1 aliphatic rings. The van der Waals surface area contributed by atoms with Crippen LogP contribution in [0.15, 0.2) is 42.5 Å². The zero-order valence-electron chi connectivity index (χ0n) is 14.7. The van der Waals surface area contributed by atoms with E-state index in [1.165, 1.54) is 12.8 Å². The van der Waals surface area contributed by atoms with Gasteiger partial charge in [0, 0.05) is 25.3 Å². The highest BCUT2D eigenvalue weighted by molar-refractivity contribution is 5.99. The Balaban J connectivity index is 1.71. The monoisotopic (exact) mass is 340 g/mol. The van der Waals surface area contributed by atoms with Gasteiger partial charge in [0.25, 0.3) is 5.91 Å². The standard InChI is InChI=1S/C20H24N2O3/c1-24-18-10-9-15(13-19(18)25-2)14-21-20(23)16-7-3-4-8-17(16)22-11-5-6-12-22/h3-4,7-10,13H,5-6,11-12,14H2,1-2H3,(H,21,23). The third-order valence-electron chi connectivity index (χ3n) is 4.50. The molecule has 1 saturated heterocycles. The summed E-state index contributed by atoms with van der Waals surface area (Å²) in [5.41, 5.74) is 2.71. The van der Waals surface area contributed by atoms with Crippen molar-refractivity contribution in [3.05, 3.63) is 53.6 Å². The van der Waals surface area contributed by atoms with Crippen molar-refractivity contribution in [2.45, 2.75) is 19.4 Å². The minimum atomic E-state index is -0.0581. The van der Waals surface area contributed by atoms with E-state index < -0.39 is 0 Å². The molecule has 0 aliphatic carbocycles. The van der Waals surface area contributed by atoms with Crippen LogP contribution in [0, 0.1) is 0 Å². The Hall–Kier alpha value is -2.69. The molecule has 0 aromatic heterocycles. The highest BCUT2D eigenvalue weighted by Gasteiger charge is 2.19. The van der Waals surface area contributed by atoms with E-state index in [0.717, 1.165) is 29.9 Å². The maximum atomic E-state index is 12.7. The number of methoxy groups -OCH3 is 2. The minimum Gasteiger partial charge on any atom is -0.493 e. The number of nitrogens with one attached hydrogen (secondary N) is 1. The second-order valence-electron chi connectivity index (χ2n) is 6.08. The van der Waals surface area contributed by atoms with Gasteiger partial charge in [0.15, 0.2) is 11.5 Å². The zero-order chi connectivity index (χ0) is 17.6. The largest absolute Gasteiger partial charge is 0.493 e. The molecule has 0 bridgehead atoms. The normalized spacial score (nSPS) is 13.6. The number of amides is 1. The second kappa shape index (κ2) is 7.92. The van der Waals surface area contributed by atoms with Crippen molar-refractivity contribution in [3.63, 3.8) is 0 Å². The van der Waals surface area contributed by atoms with Gasteiger partial charge in [0.05, 0.1) is 19.8 Å². The summed E-state index contributed by atoms with van der Waals surface area (Å²) in [7, 11) is 3.21. The number of para-hydroxylation sites is 1. The summed E-state index contributed by atoms with van der Waals surface area (Å²) in [5.74, 6) is 1.28. The number of hydrogen-bond donors (Lipinski definition) is 1. The first-order chi connectivity index (χ1) is 12.2. The number of carbonyl (C=O) groups is 1. The lowest BCUT2D eigenvalue weighted by atomic mass is 10.1. The number of carbonyl (C=O) groups excluding carboxylic acids is 1. The third kappa shape index (κ3) is 3.87. The van der Waals surface area contributed by atoms with Gasteiger partial charge in [-0.3, -0.25) is 4.79 Å². The van der Waals surface area contributed by atoms with Gasteiger partial charge in [0.2, 0.25) is 0 Å². The van der Waals surface area contributed by atoms with Gasteiger partial charge in [-0.05, 0) is 42.7 Å². The molecule has 1 N–H and O–H groups in total. The average molecular weight is 340 g/mol. The zero-order valence-corrected chi connectivity index (χ0v) is 14.7. The summed E-state index contributed by atoms with van der Waals surface area (Å²) < 4.78 is 10.6. The number of nitrogens with zero attached hydrogens (tertiary/aromatic N) is 1. The maximum Gasteiger partial charge on any atom is 0.253 e. The quantitative estimate of drug-likeness (QED) is 0.877. The van der Waals surface area contributed by atoms with Crippen molar-refractivity contribution >= 4 is 11.6 Å². The van der Waals surface area contributed by atoms with Crippen LogP contribution in [0.5, 0.6) is 11.5 Å². The highest BCUT2D eigenvalue weighted by atomic mass is 16.5. The summed E-state index contributed by atoms with van der Waals surface area (Å²) in [6.07, 6.45) is 2.36. The Kier molecular flexibility index (Phi) is 5.43. The molecule has 1 fully saturated rings. The van der Waals surface area contributed by atoms with E-state index in [4.69, 9.17) is 9.47 Å². The lowest BCUT2D eigenvalue weighted by molar-refractivity contribution is 0.0951. The summed E-state index contributed by atoms with van der Waals surface area (Å²) in [5, 5.41) is 3.01. The molecule has 0 atom stereocenters. The van der Waals surface area contributed by atoms with Crippen molar-refractivity contribution in [2.24, 2.45) is 0 Å². The predicted octanol–water partition coefficient (Wildman–Crippen LogP) is 3.23. The first-order valence-electron chi connectivity index (χ1n) is 8.56.